The van der Waals surface area contributed by atoms with Crippen molar-refractivity contribution in [3.63, 3.8) is 0 Å². The van der Waals surface area contributed by atoms with Crippen molar-refractivity contribution >= 4 is 5.82 Å². The molecule has 4 nitrogen and oxygen atoms in total. The quantitative estimate of drug-likeness (QED) is 0.777. The lowest BCUT2D eigenvalue weighted by atomic mass is 10.1. The van der Waals surface area contributed by atoms with Gasteiger partial charge in [-0.05, 0) is 43.3 Å². The highest BCUT2D eigenvalue weighted by Gasteiger charge is 2.15. The van der Waals surface area contributed by atoms with E-state index in [0.717, 1.165) is 16.8 Å². The molecule has 20 heavy (non-hydrogen) atoms. The third kappa shape index (κ3) is 2.03. The number of nitrogens with zero attached hydrogens (tertiary/aromatic N) is 3. The van der Waals surface area contributed by atoms with Gasteiger partial charge in [0.15, 0.2) is 5.82 Å². The minimum absolute atomic E-state index is 0.275. The molecule has 2 N–H and O–H groups in total. The molecule has 0 radical (unpaired) electrons. The van der Waals surface area contributed by atoms with Gasteiger partial charge in [0.25, 0.3) is 0 Å². The largest absolute Gasteiger partial charge is 0.383 e. The zero-order valence-corrected chi connectivity index (χ0v) is 10.9. The molecule has 0 saturated heterocycles. The number of pyridine rings is 1. The topological polar surface area (TPSA) is 56.7 Å². The average molecular weight is 268 g/mol. The van der Waals surface area contributed by atoms with Gasteiger partial charge in [0.1, 0.15) is 11.6 Å². The highest BCUT2D eigenvalue weighted by molar-refractivity contribution is 5.68. The van der Waals surface area contributed by atoms with Crippen LogP contribution in [0.15, 0.2) is 48.7 Å². The summed E-state index contributed by atoms with van der Waals surface area (Å²) >= 11 is 0. The van der Waals surface area contributed by atoms with Crippen molar-refractivity contribution in [2.45, 2.75) is 6.92 Å². The molecule has 1 aromatic carbocycles. The van der Waals surface area contributed by atoms with Gasteiger partial charge in [0.05, 0.1) is 5.69 Å². The molecular formula is C15H13FN4. The molecule has 0 bridgehead atoms. The summed E-state index contributed by atoms with van der Waals surface area (Å²) in [5.41, 5.74) is 8.49. The van der Waals surface area contributed by atoms with E-state index in [2.05, 4.69) is 10.1 Å². The van der Waals surface area contributed by atoms with Crippen LogP contribution in [0.5, 0.6) is 0 Å². The molecule has 0 aliphatic heterocycles. The van der Waals surface area contributed by atoms with Crippen molar-refractivity contribution in [3.8, 4) is 17.1 Å². The molecule has 3 rings (SSSR count). The van der Waals surface area contributed by atoms with E-state index in [4.69, 9.17) is 5.73 Å². The van der Waals surface area contributed by atoms with Crippen LogP contribution < -0.4 is 5.73 Å². The van der Waals surface area contributed by atoms with Gasteiger partial charge in [-0.3, -0.25) is 0 Å². The molecule has 3 aromatic rings. The van der Waals surface area contributed by atoms with Crippen molar-refractivity contribution in [1.29, 1.82) is 0 Å². The van der Waals surface area contributed by atoms with Crippen molar-refractivity contribution in [2.24, 2.45) is 0 Å². The van der Waals surface area contributed by atoms with E-state index in [0.29, 0.717) is 11.6 Å². The lowest BCUT2D eigenvalue weighted by Gasteiger charge is -2.01. The molecule has 5 heteroatoms. The van der Waals surface area contributed by atoms with E-state index in [-0.39, 0.29) is 5.82 Å². The molecule has 100 valence electrons. The van der Waals surface area contributed by atoms with Gasteiger partial charge in [-0.25, -0.2) is 9.37 Å². The van der Waals surface area contributed by atoms with Crippen LogP contribution in [0.3, 0.4) is 0 Å². The summed E-state index contributed by atoms with van der Waals surface area (Å²) in [6.45, 7) is 1.89. The molecule has 2 heterocycles. The number of nitrogen functional groups attached to an aromatic ring is 1. The first-order valence-electron chi connectivity index (χ1n) is 6.19. The predicted molar refractivity (Wildman–Crippen MR) is 75.9 cm³/mol. The Morgan fingerprint density at radius 3 is 2.50 bits per heavy atom. The van der Waals surface area contributed by atoms with Gasteiger partial charge in [-0.1, -0.05) is 6.07 Å². The molecule has 0 amide bonds. The van der Waals surface area contributed by atoms with E-state index >= 15 is 0 Å². The van der Waals surface area contributed by atoms with Crippen molar-refractivity contribution < 1.29 is 4.39 Å². The molecule has 0 saturated carbocycles. The average Bonchev–Trinajstić information content (AvgIpc) is 2.77. The minimum Gasteiger partial charge on any atom is -0.383 e. The second kappa shape index (κ2) is 4.77. The van der Waals surface area contributed by atoms with E-state index in [1.165, 1.54) is 12.1 Å². The standard InChI is InChI=1S/C15H13FN4/c1-10-14(11-5-7-12(16)8-6-11)19-20(15(10)17)13-4-2-3-9-18-13/h2-9H,17H2,1H3. The lowest BCUT2D eigenvalue weighted by molar-refractivity contribution is 0.628. The second-order valence-corrected chi connectivity index (χ2v) is 4.47. The number of nitrogens with two attached hydrogens (primary N) is 1. The van der Waals surface area contributed by atoms with Crippen LogP contribution in [0, 0.1) is 12.7 Å². The first-order valence-corrected chi connectivity index (χ1v) is 6.19. The maximum atomic E-state index is 13.0. The Balaban J connectivity index is 2.13. The van der Waals surface area contributed by atoms with E-state index in [1.54, 1.807) is 23.0 Å². The summed E-state index contributed by atoms with van der Waals surface area (Å²) in [6.07, 6.45) is 1.68. The Kier molecular flexibility index (Phi) is 2.95. The summed E-state index contributed by atoms with van der Waals surface area (Å²) in [4.78, 5) is 4.23. The summed E-state index contributed by atoms with van der Waals surface area (Å²) in [5.74, 6) is 0.910. The summed E-state index contributed by atoms with van der Waals surface area (Å²) in [7, 11) is 0. The SMILES string of the molecule is Cc1c(-c2ccc(F)cc2)nn(-c2ccccn2)c1N. The van der Waals surface area contributed by atoms with Crippen molar-refractivity contribution in [1.82, 2.24) is 14.8 Å². The third-order valence-electron chi connectivity index (χ3n) is 3.15. The van der Waals surface area contributed by atoms with E-state index in [9.17, 15) is 4.39 Å². The van der Waals surface area contributed by atoms with Crippen LogP contribution >= 0.6 is 0 Å². The van der Waals surface area contributed by atoms with Crippen LogP contribution in [0.2, 0.25) is 0 Å². The molecule has 0 spiro atoms. The van der Waals surface area contributed by atoms with Gasteiger partial charge in [-0.15, -0.1) is 0 Å². The van der Waals surface area contributed by atoms with E-state index < -0.39 is 0 Å². The molecular weight excluding hydrogens is 255 g/mol. The Labute approximate surface area is 115 Å². The highest BCUT2D eigenvalue weighted by atomic mass is 19.1. The molecule has 0 aliphatic rings. The summed E-state index contributed by atoms with van der Waals surface area (Å²) < 4.78 is 14.6. The fraction of sp³-hybridized carbons (Fsp3) is 0.0667. The van der Waals surface area contributed by atoms with Crippen LogP contribution in [0.1, 0.15) is 5.56 Å². The number of anilines is 1. The predicted octanol–water partition coefficient (Wildman–Crippen LogP) is 2.96. The fourth-order valence-corrected chi connectivity index (χ4v) is 2.04. The number of halogens is 1. The third-order valence-corrected chi connectivity index (χ3v) is 3.15. The lowest BCUT2D eigenvalue weighted by Crippen LogP contribution is -2.03. The summed E-state index contributed by atoms with van der Waals surface area (Å²) in [6, 6.07) is 11.7. The maximum Gasteiger partial charge on any atom is 0.155 e. The zero-order valence-electron chi connectivity index (χ0n) is 10.9. The van der Waals surface area contributed by atoms with E-state index in [1.807, 2.05) is 25.1 Å². The van der Waals surface area contributed by atoms with Gasteiger partial charge in [0, 0.05) is 17.3 Å². The smallest absolute Gasteiger partial charge is 0.155 e. The number of hydrogen-bond acceptors (Lipinski definition) is 3. The fourth-order valence-electron chi connectivity index (χ4n) is 2.04. The van der Waals surface area contributed by atoms with Crippen LogP contribution in [-0.2, 0) is 0 Å². The van der Waals surface area contributed by atoms with Crippen LogP contribution in [0.4, 0.5) is 10.2 Å². The van der Waals surface area contributed by atoms with Gasteiger partial charge >= 0.3 is 0 Å². The Morgan fingerprint density at radius 1 is 1.10 bits per heavy atom. The Bertz CT molecular complexity index is 733. The highest BCUT2D eigenvalue weighted by Crippen LogP contribution is 2.27. The van der Waals surface area contributed by atoms with Crippen LogP contribution in [-0.4, -0.2) is 14.8 Å². The first kappa shape index (κ1) is 12.3. The van der Waals surface area contributed by atoms with Crippen LogP contribution in [0.25, 0.3) is 17.1 Å². The maximum absolute atomic E-state index is 13.0. The Morgan fingerprint density at radius 2 is 1.85 bits per heavy atom. The van der Waals surface area contributed by atoms with Crippen molar-refractivity contribution in [2.75, 3.05) is 5.73 Å². The monoisotopic (exact) mass is 268 g/mol. The molecule has 2 aromatic heterocycles. The normalized spacial score (nSPS) is 10.7. The molecule has 0 aliphatic carbocycles. The second-order valence-electron chi connectivity index (χ2n) is 4.47. The number of benzene rings is 1. The number of hydrogen-bond donors (Lipinski definition) is 1. The molecule has 0 unspecified atom stereocenters. The Hall–Kier alpha value is -2.69. The minimum atomic E-state index is -0.275. The summed E-state index contributed by atoms with van der Waals surface area (Å²) in [5, 5.41) is 4.49. The molecule has 0 fully saturated rings. The molecule has 0 atom stereocenters. The first-order chi connectivity index (χ1) is 9.66. The zero-order chi connectivity index (χ0) is 14.1. The van der Waals surface area contributed by atoms with Gasteiger partial charge in [0.2, 0.25) is 0 Å². The number of rotatable bonds is 2. The van der Waals surface area contributed by atoms with Gasteiger partial charge in [-0.2, -0.15) is 9.78 Å². The van der Waals surface area contributed by atoms with Crippen molar-refractivity contribution in [3.05, 3.63) is 60.0 Å². The number of aromatic nitrogens is 3. The van der Waals surface area contributed by atoms with Gasteiger partial charge < -0.3 is 5.73 Å².